The van der Waals surface area contributed by atoms with E-state index in [0.29, 0.717) is 51.9 Å². The van der Waals surface area contributed by atoms with Crippen molar-refractivity contribution in [1.82, 2.24) is 19.1 Å². The van der Waals surface area contributed by atoms with E-state index in [4.69, 9.17) is 26.1 Å². The Morgan fingerprint density at radius 1 is 1.12 bits per heavy atom. The molecule has 11 heteroatoms. The highest BCUT2D eigenvalue weighted by molar-refractivity contribution is 6.30. The molecule has 0 amide bonds. The molecule has 9 nitrogen and oxygen atoms in total. The Kier molecular flexibility index (Phi) is 7.25. The largest absolute Gasteiger partial charge is 0.478 e. The van der Waals surface area contributed by atoms with Crippen LogP contribution in [0.15, 0.2) is 77.7 Å². The first-order valence-electron chi connectivity index (χ1n) is 12.9. The predicted molar refractivity (Wildman–Crippen MR) is 150 cm³/mol. The van der Waals surface area contributed by atoms with E-state index < -0.39 is 11.8 Å². The van der Waals surface area contributed by atoms with Gasteiger partial charge in [0.05, 0.1) is 41.5 Å². The Bertz CT molecular complexity index is 1830. The normalized spacial score (nSPS) is 14.6. The van der Waals surface area contributed by atoms with Crippen LogP contribution in [0.25, 0.3) is 22.3 Å². The lowest BCUT2D eigenvalue weighted by molar-refractivity contribution is -0.0590. The van der Waals surface area contributed by atoms with Crippen LogP contribution in [0, 0.1) is 5.82 Å². The molecule has 208 valence electrons. The molecule has 2 aromatic carbocycles. The minimum Gasteiger partial charge on any atom is -0.478 e. The number of hydrogen-bond acceptors (Lipinski definition) is 6. The number of carboxylic acid groups (broad SMARTS) is 1. The zero-order valence-electron chi connectivity index (χ0n) is 21.7. The number of aromatic nitrogens is 4. The van der Waals surface area contributed by atoms with Gasteiger partial charge in [-0.05, 0) is 48.9 Å². The number of fused-ring (bicyclic) bond motifs is 1. The van der Waals surface area contributed by atoms with Crippen LogP contribution in [-0.4, -0.2) is 42.9 Å². The molecule has 0 spiro atoms. The van der Waals surface area contributed by atoms with Gasteiger partial charge in [0.15, 0.2) is 0 Å². The number of benzene rings is 2. The van der Waals surface area contributed by atoms with E-state index in [1.165, 1.54) is 22.8 Å². The van der Waals surface area contributed by atoms with Crippen LogP contribution in [0.4, 0.5) is 4.39 Å². The highest BCUT2D eigenvalue weighted by Crippen LogP contribution is 2.24. The first-order chi connectivity index (χ1) is 19.8. The van der Waals surface area contributed by atoms with Crippen molar-refractivity contribution in [3.05, 3.63) is 111 Å². The molecule has 1 aliphatic rings. The van der Waals surface area contributed by atoms with Gasteiger partial charge >= 0.3 is 5.97 Å². The Labute approximate surface area is 238 Å². The van der Waals surface area contributed by atoms with Crippen molar-refractivity contribution in [3.8, 4) is 17.1 Å². The smallest absolute Gasteiger partial charge is 0.335 e. The summed E-state index contributed by atoms with van der Waals surface area (Å²) in [6.07, 6.45) is 2.58. The van der Waals surface area contributed by atoms with Crippen molar-refractivity contribution in [2.45, 2.75) is 32.2 Å². The van der Waals surface area contributed by atoms with Crippen molar-refractivity contribution in [3.63, 3.8) is 0 Å². The van der Waals surface area contributed by atoms with E-state index in [9.17, 15) is 19.1 Å². The number of carboxylic acids is 1. The summed E-state index contributed by atoms with van der Waals surface area (Å²) in [5, 5.41) is 9.76. The number of nitrogens with zero attached hydrogens (tertiary/aromatic N) is 4. The predicted octanol–water partition coefficient (Wildman–Crippen LogP) is 5.17. The average molecular weight is 575 g/mol. The molecular formula is C30H24ClFN4O5. The monoisotopic (exact) mass is 574 g/mol. The van der Waals surface area contributed by atoms with Gasteiger partial charge in [-0.1, -0.05) is 23.7 Å². The summed E-state index contributed by atoms with van der Waals surface area (Å²) in [6.45, 7) is 1.36. The van der Waals surface area contributed by atoms with Crippen LogP contribution in [0.3, 0.4) is 0 Å². The Morgan fingerprint density at radius 2 is 1.98 bits per heavy atom. The Hall–Kier alpha value is -4.54. The molecular weight excluding hydrogens is 551 g/mol. The van der Waals surface area contributed by atoms with Crippen LogP contribution in [0.1, 0.15) is 28.2 Å². The molecule has 6 rings (SSSR count). The third-order valence-corrected chi connectivity index (χ3v) is 7.21. The summed E-state index contributed by atoms with van der Waals surface area (Å²) < 4.78 is 28.9. The number of rotatable bonds is 9. The quantitative estimate of drug-likeness (QED) is 0.259. The highest BCUT2D eigenvalue weighted by Gasteiger charge is 2.23. The van der Waals surface area contributed by atoms with Crippen LogP contribution in [-0.2, 0) is 24.4 Å². The first-order valence-corrected chi connectivity index (χ1v) is 13.3. The second kappa shape index (κ2) is 11.1. The van der Waals surface area contributed by atoms with E-state index >= 15 is 0 Å². The number of imidazole rings is 1. The molecule has 0 radical (unpaired) electrons. The summed E-state index contributed by atoms with van der Waals surface area (Å²) in [5.74, 6) is -0.578. The first kappa shape index (κ1) is 26.7. The second-order valence-electron chi connectivity index (χ2n) is 9.70. The van der Waals surface area contributed by atoms with Gasteiger partial charge in [0, 0.05) is 41.1 Å². The maximum Gasteiger partial charge on any atom is 0.335 e. The molecule has 3 aromatic heterocycles. The molecule has 1 atom stereocenters. The van der Waals surface area contributed by atoms with E-state index in [1.54, 1.807) is 54.7 Å². The average Bonchev–Trinajstić information content (AvgIpc) is 3.27. The van der Waals surface area contributed by atoms with Gasteiger partial charge < -0.3 is 23.7 Å². The van der Waals surface area contributed by atoms with E-state index in [2.05, 4.69) is 4.98 Å². The Balaban J connectivity index is 1.24. The van der Waals surface area contributed by atoms with Gasteiger partial charge in [-0.2, -0.15) is 0 Å². The molecule has 0 unspecified atom stereocenters. The molecule has 1 aliphatic heterocycles. The molecule has 0 aliphatic carbocycles. The maximum absolute atomic E-state index is 14.1. The third kappa shape index (κ3) is 5.70. The number of aromatic carboxylic acids is 1. The summed E-state index contributed by atoms with van der Waals surface area (Å²) >= 11 is 5.81. The summed E-state index contributed by atoms with van der Waals surface area (Å²) in [4.78, 5) is 33.9. The van der Waals surface area contributed by atoms with Gasteiger partial charge in [-0.25, -0.2) is 19.2 Å². The number of ether oxygens (including phenoxy) is 2. The number of carbonyl (C=O) groups is 1. The van der Waals surface area contributed by atoms with Crippen LogP contribution in [0.5, 0.6) is 5.88 Å². The number of pyridine rings is 2. The number of hydrogen-bond donors (Lipinski definition) is 1. The fourth-order valence-electron chi connectivity index (χ4n) is 4.66. The second-order valence-corrected chi connectivity index (χ2v) is 10.1. The summed E-state index contributed by atoms with van der Waals surface area (Å²) in [7, 11) is 0. The molecule has 0 bridgehead atoms. The SMILES string of the molecule is O=C(O)c1ccc2nc(Cn3ccc(-c4cccc(OCc5ccc(Cl)cc5F)n4)cc3=O)n(C[C@@H]3CCO3)c2c1. The zero-order valence-corrected chi connectivity index (χ0v) is 22.4. The molecule has 1 saturated heterocycles. The van der Waals surface area contributed by atoms with E-state index in [-0.39, 0.29) is 36.3 Å². The lowest BCUT2D eigenvalue weighted by Gasteiger charge is -2.27. The van der Waals surface area contributed by atoms with Crippen molar-refractivity contribution >= 4 is 28.6 Å². The molecule has 1 N–H and O–H groups in total. The minimum atomic E-state index is -1.02. The van der Waals surface area contributed by atoms with E-state index in [0.717, 1.165) is 6.42 Å². The van der Waals surface area contributed by atoms with Crippen LogP contribution < -0.4 is 10.3 Å². The molecule has 1 fully saturated rings. The van der Waals surface area contributed by atoms with Crippen LogP contribution >= 0.6 is 11.6 Å². The fourth-order valence-corrected chi connectivity index (χ4v) is 4.82. The van der Waals surface area contributed by atoms with Crippen molar-refractivity contribution in [2.75, 3.05) is 6.61 Å². The van der Waals surface area contributed by atoms with Crippen LogP contribution in [0.2, 0.25) is 5.02 Å². The lowest BCUT2D eigenvalue weighted by Crippen LogP contribution is -2.32. The van der Waals surface area contributed by atoms with Crippen molar-refractivity contribution < 1.29 is 23.8 Å². The Morgan fingerprint density at radius 3 is 2.71 bits per heavy atom. The van der Waals surface area contributed by atoms with E-state index in [1.807, 2.05) is 4.57 Å². The summed E-state index contributed by atoms with van der Waals surface area (Å²) in [5.41, 5.74) is 2.70. The molecule has 41 heavy (non-hydrogen) atoms. The molecule has 5 aromatic rings. The van der Waals surface area contributed by atoms with Crippen molar-refractivity contribution in [1.29, 1.82) is 0 Å². The standard InChI is InChI=1S/C30H24ClFN4O5/c31-21-6-4-20(23(32)14-21)17-41-28-3-1-2-24(34-28)18-8-10-35(29(37)13-18)16-27-33-25-7-5-19(30(38)39)12-26(25)36(27)15-22-9-11-40-22/h1-8,10,12-14,22H,9,11,15-17H2,(H,38,39)/t22-/m0/s1. The highest BCUT2D eigenvalue weighted by atomic mass is 35.5. The number of halogens is 2. The van der Waals surface area contributed by atoms with Gasteiger partial charge in [0.2, 0.25) is 5.88 Å². The van der Waals surface area contributed by atoms with Gasteiger partial charge in [0.1, 0.15) is 18.2 Å². The van der Waals surface area contributed by atoms with Gasteiger partial charge in [-0.15, -0.1) is 0 Å². The minimum absolute atomic E-state index is 0.00971. The third-order valence-electron chi connectivity index (χ3n) is 6.97. The topological polar surface area (TPSA) is 108 Å². The van der Waals surface area contributed by atoms with Gasteiger partial charge in [0.25, 0.3) is 5.56 Å². The fraction of sp³-hybridized carbons (Fsp3) is 0.200. The lowest BCUT2D eigenvalue weighted by atomic mass is 10.1. The molecule has 0 saturated carbocycles. The maximum atomic E-state index is 14.1. The summed E-state index contributed by atoms with van der Waals surface area (Å²) in [6, 6.07) is 17.6. The zero-order chi connectivity index (χ0) is 28.5. The van der Waals surface area contributed by atoms with Gasteiger partial charge in [-0.3, -0.25) is 4.79 Å². The molecule has 4 heterocycles. The van der Waals surface area contributed by atoms with Crippen molar-refractivity contribution in [2.24, 2.45) is 0 Å².